The first-order valence-corrected chi connectivity index (χ1v) is 5.05. The molecule has 0 radical (unpaired) electrons. The summed E-state index contributed by atoms with van der Waals surface area (Å²) < 4.78 is 0. The lowest BCUT2D eigenvalue weighted by molar-refractivity contribution is 0.753. The van der Waals surface area contributed by atoms with Gasteiger partial charge in [-0.1, -0.05) is 38.7 Å². The monoisotopic (exact) mass is 179 g/mol. The molecule has 0 unspecified atom stereocenters. The molecule has 0 aromatic rings. The first-order chi connectivity index (χ1) is 6.35. The molecule has 74 valence electrons. The Hall–Kier alpha value is -0.980. The van der Waals surface area contributed by atoms with Gasteiger partial charge in [-0.25, -0.2) is 0 Å². The molecule has 0 aromatic carbocycles. The number of rotatable bonds is 7. The molecule has 0 saturated carbocycles. The summed E-state index contributed by atoms with van der Waals surface area (Å²) in [5.41, 5.74) is 1.25. The van der Waals surface area contributed by atoms with Crippen molar-refractivity contribution in [3.63, 3.8) is 0 Å². The molecule has 0 aliphatic rings. The highest BCUT2D eigenvalue weighted by Crippen LogP contribution is 1.99. The van der Waals surface area contributed by atoms with Crippen LogP contribution in [0.1, 0.15) is 33.1 Å². The van der Waals surface area contributed by atoms with Gasteiger partial charge in [0.05, 0.1) is 0 Å². The Morgan fingerprint density at radius 1 is 1.31 bits per heavy atom. The second-order valence-electron chi connectivity index (χ2n) is 2.94. The van der Waals surface area contributed by atoms with Crippen LogP contribution in [0.15, 0.2) is 36.6 Å². The summed E-state index contributed by atoms with van der Waals surface area (Å²) >= 11 is 0. The molecule has 0 fully saturated rings. The Labute approximate surface area is 82.2 Å². The van der Waals surface area contributed by atoms with Crippen LogP contribution in [-0.2, 0) is 0 Å². The lowest BCUT2D eigenvalue weighted by Crippen LogP contribution is -2.13. The molecule has 0 aromatic heterocycles. The fraction of sp³-hybridized carbons (Fsp3) is 0.500. The van der Waals surface area contributed by atoms with Crippen molar-refractivity contribution in [1.29, 1.82) is 0 Å². The summed E-state index contributed by atoms with van der Waals surface area (Å²) in [6.07, 6.45) is 11.5. The summed E-state index contributed by atoms with van der Waals surface area (Å²) in [5, 5.41) is 3.37. The first kappa shape index (κ1) is 12.0. The molecule has 0 bridgehead atoms. The van der Waals surface area contributed by atoms with Crippen LogP contribution < -0.4 is 5.32 Å². The van der Waals surface area contributed by atoms with E-state index >= 15 is 0 Å². The van der Waals surface area contributed by atoms with Crippen LogP contribution in [0.4, 0.5) is 0 Å². The zero-order chi connectivity index (χ0) is 9.94. The molecule has 0 atom stereocenters. The van der Waals surface area contributed by atoms with Gasteiger partial charge in [0.1, 0.15) is 0 Å². The fourth-order valence-corrected chi connectivity index (χ4v) is 1.00. The zero-order valence-electron chi connectivity index (χ0n) is 8.84. The quantitative estimate of drug-likeness (QED) is 0.466. The maximum Gasteiger partial charge on any atom is 0.0145 e. The summed E-state index contributed by atoms with van der Waals surface area (Å²) in [5.74, 6) is 0. The van der Waals surface area contributed by atoms with E-state index in [-0.39, 0.29) is 0 Å². The van der Waals surface area contributed by atoms with Gasteiger partial charge in [0.25, 0.3) is 0 Å². The summed E-state index contributed by atoms with van der Waals surface area (Å²) in [6.45, 7) is 9.05. The lowest BCUT2D eigenvalue weighted by Gasteiger charge is -2.06. The van der Waals surface area contributed by atoms with Gasteiger partial charge in [-0.05, 0) is 18.9 Å². The van der Waals surface area contributed by atoms with Gasteiger partial charge in [0, 0.05) is 18.7 Å². The Kier molecular flexibility index (Phi) is 8.42. The molecular weight excluding hydrogens is 158 g/mol. The highest BCUT2D eigenvalue weighted by atomic mass is 14.9. The second kappa shape index (κ2) is 9.11. The van der Waals surface area contributed by atoms with Gasteiger partial charge in [-0.2, -0.15) is 0 Å². The highest BCUT2D eigenvalue weighted by Gasteiger charge is 1.90. The average molecular weight is 179 g/mol. The first-order valence-electron chi connectivity index (χ1n) is 5.05. The van der Waals surface area contributed by atoms with Crippen molar-refractivity contribution in [3.8, 4) is 0 Å². The largest absolute Gasteiger partial charge is 0.388 e. The van der Waals surface area contributed by atoms with E-state index in [0.717, 1.165) is 25.8 Å². The molecule has 1 N–H and O–H groups in total. The van der Waals surface area contributed by atoms with E-state index < -0.39 is 0 Å². The van der Waals surface area contributed by atoms with Crippen LogP contribution in [0.2, 0.25) is 0 Å². The maximum absolute atomic E-state index is 3.70. The standard InChI is InChI=1S/C12H21N/c1-4-7-8-10-12(9-5-2)13-11-6-3/h5,7-9,13H,2,4,6,10-11H2,1,3H3/b8-7-,12-9+. The van der Waals surface area contributed by atoms with Gasteiger partial charge >= 0.3 is 0 Å². The van der Waals surface area contributed by atoms with E-state index in [4.69, 9.17) is 0 Å². The summed E-state index contributed by atoms with van der Waals surface area (Å²) in [6, 6.07) is 0. The molecule has 1 nitrogen and oxygen atoms in total. The zero-order valence-corrected chi connectivity index (χ0v) is 8.84. The third kappa shape index (κ3) is 7.38. The maximum atomic E-state index is 3.70. The lowest BCUT2D eigenvalue weighted by atomic mass is 10.2. The molecule has 0 aliphatic carbocycles. The van der Waals surface area contributed by atoms with Crippen LogP contribution >= 0.6 is 0 Å². The van der Waals surface area contributed by atoms with Crippen molar-refractivity contribution in [1.82, 2.24) is 5.32 Å². The van der Waals surface area contributed by atoms with Gasteiger partial charge in [0.2, 0.25) is 0 Å². The fourth-order valence-electron chi connectivity index (χ4n) is 1.00. The van der Waals surface area contributed by atoms with Crippen LogP contribution in [0, 0.1) is 0 Å². The normalized spacial score (nSPS) is 12.0. The van der Waals surface area contributed by atoms with E-state index in [1.807, 2.05) is 12.2 Å². The van der Waals surface area contributed by atoms with Crippen molar-refractivity contribution >= 4 is 0 Å². The van der Waals surface area contributed by atoms with Crippen molar-refractivity contribution in [2.75, 3.05) is 6.54 Å². The summed E-state index contributed by atoms with van der Waals surface area (Å²) in [7, 11) is 0. The number of allylic oxidation sites excluding steroid dienone is 4. The van der Waals surface area contributed by atoms with Crippen LogP contribution in [0.25, 0.3) is 0 Å². The molecule has 0 heterocycles. The Morgan fingerprint density at radius 3 is 2.62 bits per heavy atom. The van der Waals surface area contributed by atoms with Gasteiger partial charge in [-0.15, -0.1) is 0 Å². The average Bonchev–Trinajstić information content (AvgIpc) is 2.14. The second-order valence-corrected chi connectivity index (χ2v) is 2.94. The minimum absolute atomic E-state index is 0.986. The molecule has 0 amide bonds. The van der Waals surface area contributed by atoms with Gasteiger partial charge in [0.15, 0.2) is 0 Å². The third-order valence-electron chi connectivity index (χ3n) is 1.66. The molecule has 0 rings (SSSR count). The van der Waals surface area contributed by atoms with Crippen molar-refractivity contribution < 1.29 is 0 Å². The van der Waals surface area contributed by atoms with Gasteiger partial charge in [-0.3, -0.25) is 0 Å². The van der Waals surface area contributed by atoms with E-state index in [9.17, 15) is 0 Å². The Morgan fingerprint density at radius 2 is 2.08 bits per heavy atom. The van der Waals surface area contributed by atoms with Gasteiger partial charge < -0.3 is 5.32 Å². The van der Waals surface area contributed by atoms with Crippen molar-refractivity contribution in [3.05, 3.63) is 36.6 Å². The predicted molar refractivity (Wildman–Crippen MR) is 60.6 cm³/mol. The molecule has 13 heavy (non-hydrogen) atoms. The predicted octanol–water partition coefficient (Wildman–Crippen LogP) is 3.41. The highest BCUT2D eigenvalue weighted by molar-refractivity contribution is 5.12. The molecule has 1 heteroatoms. The summed E-state index contributed by atoms with van der Waals surface area (Å²) in [4.78, 5) is 0. The van der Waals surface area contributed by atoms with Crippen LogP contribution in [0.5, 0.6) is 0 Å². The molecule has 0 saturated heterocycles. The molecular formula is C12H21N. The van der Waals surface area contributed by atoms with Crippen molar-refractivity contribution in [2.24, 2.45) is 0 Å². The smallest absolute Gasteiger partial charge is 0.0145 e. The van der Waals surface area contributed by atoms with Crippen molar-refractivity contribution in [2.45, 2.75) is 33.1 Å². The SMILES string of the molecule is C=C/C=C(\C/C=C\CC)NCCC. The number of hydrogen-bond acceptors (Lipinski definition) is 1. The molecule has 0 spiro atoms. The van der Waals surface area contributed by atoms with Crippen LogP contribution in [0.3, 0.4) is 0 Å². The minimum Gasteiger partial charge on any atom is -0.388 e. The number of nitrogens with one attached hydrogen (secondary N) is 1. The third-order valence-corrected chi connectivity index (χ3v) is 1.66. The van der Waals surface area contributed by atoms with E-state index in [1.165, 1.54) is 5.70 Å². The van der Waals surface area contributed by atoms with Crippen LogP contribution in [-0.4, -0.2) is 6.54 Å². The van der Waals surface area contributed by atoms with E-state index in [1.54, 1.807) is 0 Å². The Balaban J connectivity index is 3.87. The Bertz CT molecular complexity index is 178. The minimum atomic E-state index is 0.986. The van der Waals surface area contributed by atoms with E-state index in [2.05, 4.69) is 37.9 Å². The topological polar surface area (TPSA) is 12.0 Å². The van der Waals surface area contributed by atoms with E-state index in [0.29, 0.717) is 0 Å². The molecule has 0 aliphatic heterocycles. The number of hydrogen-bond donors (Lipinski definition) is 1.